The molecule has 1 saturated carbocycles. The predicted octanol–water partition coefficient (Wildman–Crippen LogP) is 4.03. The highest BCUT2D eigenvalue weighted by molar-refractivity contribution is 9.09. The van der Waals surface area contributed by atoms with Crippen LogP contribution in [0.15, 0.2) is 0 Å². The molecule has 0 aromatic heterocycles. The molecule has 0 spiro atoms. The molecule has 2 atom stereocenters. The number of carbonyl (C=O) groups is 1. The molecule has 2 unspecified atom stereocenters. The number of nitrogens with one attached hydrogen (secondary N) is 1. The second-order valence-corrected chi connectivity index (χ2v) is 6.54. The number of rotatable bonds is 7. The Morgan fingerprint density at radius 2 is 2.12 bits per heavy atom. The zero-order chi connectivity index (χ0) is 12.5. The van der Waals surface area contributed by atoms with Crippen molar-refractivity contribution < 1.29 is 4.79 Å². The lowest BCUT2D eigenvalue weighted by molar-refractivity contribution is -0.121. The van der Waals surface area contributed by atoms with E-state index in [-0.39, 0.29) is 5.91 Å². The van der Waals surface area contributed by atoms with Gasteiger partial charge in [-0.25, -0.2) is 0 Å². The second kappa shape index (κ2) is 8.96. The average molecular weight is 304 g/mol. The summed E-state index contributed by atoms with van der Waals surface area (Å²) in [6, 6.07) is 0. The van der Waals surface area contributed by atoms with E-state index in [0.29, 0.717) is 17.2 Å². The molecule has 1 amide bonds. The van der Waals surface area contributed by atoms with Crippen LogP contribution in [0.4, 0.5) is 0 Å². The van der Waals surface area contributed by atoms with Crippen molar-refractivity contribution in [3.8, 4) is 0 Å². The van der Waals surface area contributed by atoms with Gasteiger partial charge in [0.15, 0.2) is 0 Å². The molecule has 0 radical (unpaired) electrons. The number of amides is 1. The second-order valence-electron chi connectivity index (χ2n) is 5.24. The SMILES string of the molecule is CCCCCCC(=O)NCC1CCCC(Br)C1. The molecule has 0 aromatic carbocycles. The Morgan fingerprint density at radius 3 is 2.82 bits per heavy atom. The van der Waals surface area contributed by atoms with E-state index >= 15 is 0 Å². The zero-order valence-electron chi connectivity index (χ0n) is 11.0. The summed E-state index contributed by atoms with van der Waals surface area (Å²) in [5.41, 5.74) is 0. The molecule has 1 rings (SSSR count). The van der Waals surface area contributed by atoms with Gasteiger partial charge in [-0.1, -0.05) is 48.5 Å². The van der Waals surface area contributed by atoms with Crippen molar-refractivity contribution >= 4 is 21.8 Å². The summed E-state index contributed by atoms with van der Waals surface area (Å²) >= 11 is 3.68. The zero-order valence-corrected chi connectivity index (χ0v) is 12.6. The van der Waals surface area contributed by atoms with Gasteiger partial charge in [-0.15, -0.1) is 0 Å². The van der Waals surface area contributed by atoms with Gasteiger partial charge in [-0.3, -0.25) is 4.79 Å². The van der Waals surface area contributed by atoms with Crippen LogP contribution in [-0.4, -0.2) is 17.3 Å². The number of hydrogen-bond donors (Lipinski definition) is 1. The van der Waals surface area contributed by atoms with Crippen molar-refractivity contribution in [2.75, 3.05) is 6.54 Å². The maximum atomic E-state index is 11.6. The number of carbonyl (C=O) groups excluding carboxylic acids is 1. The van der Waals surface area contributed by atoms with E-state index < -0.39 is 0 Å². The number of halogens is 1. The van der Waals surface area contributed by atoms with Crippen LogP contribution in [0.1, 0.15) is 64.7 Å². The summed E-state index contributed by atoms with van der Waals surface area (Å²) in [7, 11) is 0. The summed E-state index contributed by atoms with van der Waals surface area (Å²) in [6.07, 6.45) is 10.5. The van der Waals surface area contributed by atoms with Gasteiger partial charge in [0.25, 0.3) is 0 Å². The van der Waals surface area contributed by atoms with Gasteiger partial charge in [-0.2, -0.15) is 0 Å². The monoisotopic (exact) mass is 303 g/mol. The first-order valence-electron chi connectivity index (χ1n) is 7.13. The maximum absolute atomic E-state index is 11.6. The number of hydrogen-bond acceptors (Lipinski definition) is 1. The molecular weight excluding hydrogens is 278 g/mol. The lowest BCUT2D eigenvalue weighted by Gasteiger charge is -2.25. The van der Waals surface area contributed by atoms with Gasteiger partial charge in [0.1, 0.15) is 0 Å². The molecule has 0 aliphatic heterocycles. The first-order valence-corrected chi connectivity index (χ1v) is 8.04. The molecule has 1 fully saturated rings. The Bertz CT molecular complexity index is 220. The third-order valence-electron chi connectivity index (χ3n) is 3.56. The standard InChI is InChI=1S/C14H26BrNO/c1-2-3-4-5-9-14(17)16-11-12-7-6-8-13(15)10-12/h12-13H,2-11H2,1H3,(H,16,17). The smallest absolute Gasteiger partial charge is 0.220 e. The maximum Gasteiger partial charge on any atom is 0.220 e. The van der Waals surface area contributed by atoms with Crippen molar-refractivity contribution in [3.05, 3.63) is 0 Å². The molecule has 3 heteroatoms. The van der Waals surface area contributed by atoms with Gasteiger partial charge in [-0.05, 0) is 31.6 Å². The van der Waals surface area contributed by atoms with Crippen LogP contribution in [0.3, 0.4) is 0 Å². The van der Waals surface area contributed by atoms with E-state index in [0.717, 1.165) is 13.0 Å². The summed E-state index contributed by atoms with van der Waals surface area (Å²) in [6.45, 7) is 3.08. The molecule has 1 N–H and O–H groups in total. The van der Waals surface area contributed by atoms with Gasteiger partial charge in [0.2, 0.25) is 5.91 Å². The highest BCUT2D eigenvalue weighted by atomic mass is 79.9. The Balaban J connectivity index is 2.02. The van der Waals surface area contributed by atoms with Crippen molar-refractivity contribution in [2.45, 2.75) is 69.5 Å². The highest BCUT2D eigenvalue weighted by Gasteiger charge is 2.20. The first-order chi connectivity index (χ1) is 8.22. The highest BCUT2D eigenvalue weighted by Crippen LogP contribution is 2.28. The van der Waals surface area contributed by atoms with Crippen LogP contribution in [0.25, 0.3) is 0 Å². The van der Waals surface area contributed by atoms with E-state index in [1.165, 1.54) is 44.9 Å². The summed E-state index contributed by atoms with van der Waals surface area (Å²) in [5, 5.41) is 3.09. The fourth-order valence-corrected chi connectivity index (χ4v) is 3.32. The van der Waals surface area contributed by atoms with Crippen LogP contribution in [0.5, 0.6) is 0 Å². The minimum absolute atomic E-state index is 0.248. The van der Waals surface area contributed by atoms with Crippen molar-refractivity contribution in [1.29, 1.82) is 0 Å². The molecule has 17 heavy (non-hydrogen) atoms. The average Bonchev–Trinajstić information content (AvgIpc) is 2.32. The van der Waals surface area contributed by atoms with Crippen LogP contribution >= 0.6 is 15.9 Å². The Labute approximate surface area is 114 Å². The number of alkyl halides is 1. The predicted molar refractivity (Wildman–Crippen MR) is 76.4 cm³/mol. The van der Waals surface area contributed by atoms with Crippen molar-refractivity contribution in [3.63, 3.8) is 0 Å². The molecule has 0 aromatic rings. The summed E-state index contributed by atoms with van der Waals surface area (Å²) in [4.78, 5) is 12.3. The van der Waals surface area contributed by atoms with Gasteiger partial charge in [0, 0.05) is 17.8 Å². The normalized spacial score (nSPS) is 24.6. The minimum atomic E-state index is 0.248. The minimum Gasteiger partial charge on any atom is -0.356 e. The third-order valence-corrected chi connectivity index (χ3v) is 4.40. The van der Waals surface area contributed by atoms with Crippen molar-refractivity contribution in [1.82, 2.24) is 5.32 Å². The molecule has 1 aliphatic carbocycles. The number of unbranched alkanes of at least 4 members (excludes halogenated alkanes) is 3. The van der Waals surface area contributed by atoms with Gasteiger partial charge < -0.3 is 5.32 Å². The molecular formula is C14H26BrNO. The summed E-state index contributed by atoms with van der Waals surface area (Å²) < 4.78 is 0. The Kier molecular flexibility index (Phi) is 7.91. The van der Waals surface area contributed by atoms with E-state index in [1.54, 1.807) is 0 Å². The largest absolute Gasteiger partial charge is 0.356 e. The Morgan fingerprint density at radius 1 is 1.29 bits per heavy atom. The fourth-order valence-electron chi connectivity index (χ4n) is 2.47. The lowest BCUT2D eigenvalue weighted by Crippen LogP contribution is -2.31. The third kappa shape index (κ3) is 7.07. The molecule has 0 bridgehead atoms. The molecule has 100 valence electrons. The summed E-state index contributed by atoms with van der Waals surface area (Å²) in [5.74, 6) is 0.936. The molecule has 1 aliphatic rings. The Hall–Kier alpha value is -0.0500. The van der Waals surface area contributed by atoms with E-state index in [2.05, 4.69) is 28.2 Å². The topological polar surface area (TPSA) is 29.1 Å². The van der Waals surface area contributed by atoms with Gasteiger partial charge >= 0.3 is 0 Å². The quantitative estimate of drug-likeness (QED) is 0.558. The lowest BCUT2D eigenvalue weighted by atomic mass is 9.89. The molecule has 0 saturated heterocycles. The van der Waals surface area contributed by atoms with E-state index in [4.69, 9.17) is 0 Å². The molecule has 0 heterocycles. The molecule has 2 nitrogen and oxygen atoms in total. The van der Waals surface area contributed by atoms with Crippen LogP contribution < -0.4 is 5.32 Å². The van der Waals surface area contributed by atoms with Crippen LogP contribution in [0.2, 0.25) is 0 Å². The first kappa shape index (κ1) is 15.0. The van der Waals surface area contributed by atoms with E-state index in [1.807, 2.05) is 0 Å². The van der Waals surface area contributed by atoms with Crippen molar-refractivity contribution in [2.24, 2.45) is 5.92 Å². The fraction of sp³-hybridized carbons (Fsp3) is 0.929. The van der Waals surface area contributed by atoms with Crippen LogP contribution in [-0.2, 0) is 4.79 Å². The van der Waals surface area contributed by atoms with E-state index in [9.17, 15) is 4.79 Å². The van der Waals surface area contributed by atoms with Crippen LogP contribution in [0, 0.1) is 5.92 Å². The van der Waals surface area contributed by atoms with Gasteiger partial charge in [0.05, 0.1) is 0 Å².